The summed E-state index contributed by atoms with van der Waals surface area (Å²) in [6, 6.07) is 7.27. The molecule has 1 aromatic carbocycles. The summed E-state index contributed by atoms with van der Waals surface area (Å²) in [5.74, 6) is -0.0558. The quantitative estimate of drug-likeness (QED) is 0.859. The van der Waals surface area contributed by atoms with Gasteiger partial charge in [0.25, 0.3) is 0 Å². The van der Waals surface area contributed by atoms with Crippen molar-refractivity contribution in [1.82, 2.24) is 5.32 Å². The highest BCUT2D eigenvalue weighted by Crippen LogP contribution is 2.24. The van der Waals surface area contributed by atoms with Crippen LogP contribution in [0.3, 0.4) is 0 Å². The smallest absolute Gasteiger partial charge is 0.247 e. The topological polar surface area (TPSA) is 49.4 Å². The van der Waals surface area contributed by atoms with E-state index < -0.39 is 6.04 Å². The molecule has 0 spiro atoms. The molecule has 1 aliphatic rings. The number of anilines is 1. The molecule has 1 heterocycles. The largest absolute Gasteiger partial charge is 0.345 e. The number of nitrogens with one attached hydrogen (secondary N) is 1. The van der Waals surface area contributed by atoms with Gasteiger partial charge in [0.05, 0.1) is 6.54 Å². The van der Waals surface area contributed by atoms with Gasteiger partial charge >= 0.3 is 0 Å². The van der Waals surface area contributed by atoms with Gasteiger partial charge in [0.15, 0.2) is 0 Å². The normalized spacial score (nSPS) is 20.2. The Morgan fingerprint density at radius 1 is 1.33 bits per heavy atom. The van der Waals surface area contributed by atoms with Crippen LogP contribution < -0.4 is 10.2 Å². The van der Waals surface area contributed by atoms with Crippen LogP contribution in [0.25, 0.3) is 0 Å². The average Bonchev–Trinajstić information content (AvgIpc) is 2.31. The molecule has 0 saturated carbocycles. The van der Waals surface area contributed by atoms with Crippen molar-refractivity contribution in [3.05, 3.63) is 29.8 Å². The summed E-state index contributed by atoms with van der Waals surface area (Å²) in [5, 5.41) is 2.65. The Balaban J connectivity index is 2.43. The van der Waals surface area contributed by atoms with Gasteiger partial charge in [-0.15, -0.1) is 0 Å². The van der Waals surface area contributed by atoms with E-state index in [1.165, 1.54) is 0 Å². The van der Waals surface area contributed by atoms with Gasteiger partial charge in [-0.3, -0.25) is 14.5 Å². The average molecular weight is 246 g/mol. The molecule has 0 aromatic heterocycles. The van der Waals surface area contributed by atoms with Crippen LogP contribution in [0.5, 0.6) is 0 Å². The number of carbonyl (C=O) groups excluding carboxylic acids is 2. The van der Waals surface area contributed by atoms with Gasteiger partial charge in [0.1, 0.15) is 6.04 Å². The zero-order valence-corrected chi connectivity index (χ0v) is 10.9. The van der Waals surface area contributed by atoms with Crippen molar-refractivity contribution < 1.29 is 9.59 Å². The summed E-state index contributed by atoms with van der Waals surface area (Å²) in [5.41, 5.74) is 1.88. The first-order valence-electron chi connectivity index (χ1n) is 6.17. The molecule has 1 aliphatic heterocycles. The third-order valence-corrected chi connectivity index (χ3v) is 3.14. The first kappa shape index (κ1) is 12.6. The van der Waals surface area contributed by atoms with Crippen LogP contribution >= 0.6 is 0 Å². The minimum absolute atomic E-state index is 0.0566. The lowest BCUT2D eigenvalue weighted by atomic mass is 9.98. The second-order valence-corrected chi connectivity index (χ2v) is 5.01. The lowest BCUT2D eigenvalue weighted by molar-refractivity contribution is -0.131. The van der Waals surface area contributed by atoms with Crippen molar-refractivity contribution in [1.29, 1.82) is 0 Å². The molecule has 18 heavy (non-hydrogen) atoms. The summed E-state index contributed by atoms with van der Waals surface area (Å²) in [4.78, 5) is 25.6. The van der Waals surface area contributed by atoms with Crippen LogP contribution in [0.2, 0.25) is 0 Å². The molecule has 1 atom stereocenters. The number of hydrogen-bond donors (Lipinski definition) is 1. The molecule has 1 N–H and O–H groups in total. The lowest BCUT2D eigenvalue weighted by Crippen LogP contribution is -2.60. The van der Waals surface area contributed by atoms with E-state index in [4.69, 9.17) is 0 Å². The van der Waals surface area contributed by atoms with E-state index in [1.54, 1.807) is 4.90 Å². The minimum Gasteiger partial charge on any atom is -0.345 e. The maximum absolute atomic E-state index is 12.1. The zero-order valence-electron chi connectivity index (χ0n) is 10.9. The number of piperazine rings is 1. The van der Waals surface area contributed by atoms with Crippen molar-refractivity contribution >= 4 is 17.5 Å². The molecule has 1 aromatic rings. The van der Waals surface area contributed by atoms with Crippen LogP contribution in [0.1, 0.15) is 19.4 Å². The molecule has 96 valence electrons. The Morgan fingerprint density at radius 3 is 2.67 bits per heavy atom. The third-order valence-electron chi connectivity index (χ3n) is 3.14. The van der Waals surface area contributed by atoms with Crippen LogP contribution in [0.15, 0.2) is 24.3 Å². The molecular weight excluding hydrogens is 228 g/mol. The second-order valence-electron chi connectivity index (χ2n) is 5.01. The summed E-state index contributed by atoms with van der Waals surface area (Å²) in [6.45, 7) is 5.95. The number of aryl methyl sites for hydroxylation is 1. The number of amides is 2. The lowest BCUT2D eigenvalue weighted by Gasteiger charge is -2.37. The minimum atomic E-state index is -0.423. The molecule has 4 heteroatoms. The summed E-state index contributed by atoms with van der Waals surface area (Å²) >= 11 is 0. The fraction of sp³-hybridized carbons (Fsp3) is 0.429. The molecule has 4 nitrogen and oxygen atoms in total. The summed E-state index contributed by atoms with van der Waals surface area (Å²) in [6.07, 6.45) is 0. The predicted molar refractivity (Wildman–Crippen MR) is 70.3 cm³/mol. The summed E-state index contributed by atoms with van der Waals surface area (Å²) in [7, 11) is 0. The Kier molecular flexibility index (Phi) is 3.36. The van der Waals surface area contributed by atoms with E-state index in [9.17, 15) is 9.59 Å². The summed E-state index contributed by atoms with van der Waals surface area (Å²) < 4.78 is 0. The van der Waals surface area contributed by atoms with Gasteiger partial charge in [-0.25, -0.2) is 0 Å². The molecule has 0 aliphatic carbocycles. The fourth-order valence-corrected chi connectivity index (χ4v) is 2.31. The molecule has 1 saturated heterocycles. The molecular formula is C14H18N2O2. The number of hydrogen-bond acceptors (Lipinski definition) is 2. The number of rotatable bonds is 2. The molecule has 0 radical (unpaired) electrons. The van der Waals surface area contributed by atoms with Gasteiger partial charge in [-0.2, -0.15) is 0 Å². The Hall–Kier alpha value is -1.84. The highest BCUT2D eigenvalue weighted by molar-refractivity contribution is 6.06. The van der Waals surface area contributed by atoms with Crippen molar-refractivity contribution in [3.63, 3.8) is 0 Å². The number of benzene rings is 1. The standard InChI is InChI=1S/C14H18N2O2/c1-9(2)13-14(18)15-8-12(17)16(13)11-6-4-5-10(3)7-11/h4-7,9,13H,8H2,1-3H3,(H,15,18). The SMILES string of the molecule is Cc1cccc(N2C(=O)CNC(=O)C2C(C)C)c1. The Morgan fingerprint density at radius 2 is 2.06 bits per heavy atom. The number of carbonyl (C=O) groups is 2. The van der Waals surface area contributed by atoms with E-state index in [-0.39, 0.29) is 24.3 Å². The Labute approximate surface area is 107 Å². The second kappa shape index (κ2) is 4.80. The van der Waals surface area contributed by atoms with Gasteiger partial charge < -0.3 is 5.32 Å². The van der Waals surface area contributed by atoms with Crippen LogP contribution in [0, 0.1) is 12.8 Å². The maximum Gasteiger partial charge on any atom is 0.247 e. The van der Waals surface area contributed by atoms with Crippen molar-refractivity contribution in [3.8, 4) is 0 Å². The third kappa shape index (κ3) is 2.23. The van der Waals surface area contributed by atoms with E-state index >= 15 is 0 Å². The van der Waals surface area contributed by atoms with Crippen LogP contribution in [-0.4, -0.2) is 24.4 Å². The zero-order chi connectivity index (χ0) is 13.3. The van der Waals surface area contributed by atoms with Crippen molar-refractivity contribution in [2.45, 2.75) is 26.8 Å². The number of nitrogens with zero attached hydrogens (tertiary/aromatic N) is 1. The van der Waals surface area contributed by atoms with Crippen LogP contribution in [-0.2, 0) is 9.59 Å². The van der Waals surface area contributed by atoms with Gasteiger partial charge in [0, 0.05) is 5.69 Å². The molecule has 2 amide bonds. The van der Waals surface area contributed by atoms with Gasteiger partial charge in [0.2, 0.25) is 11.8 Å². The van der Waals surface area contributed by atoms with Gasteiger partial charge in [-0.1, -0.05) is 26.0 Å². The monoisotopic (exact) mass is 246 g/mol. The maximum atomic E-state index is 12.1. The first-order chi connectivity index (χ1) is 8.50. The molecule has 0 bridgehead atoms. The van der Waals surface area contributed by atoms with E-state index in [0.717, 1.165) is 11.3 Å². The van der Waals surface area contributed by atoms with Crippen molar-refractivity contribution in [2.24, 2.45) is 5.92 Å². The predicted octanol–water partition coefficient (Wildman–Crippen LogP) is 1.48. The highest BCUT2D eigenvalue weighted by atomic mass is 16.2. The fourth-order valence-electron chi connectivity index (χ4n) is 2.31. The first-order valence-corrected chi connectivity index (χ1v) is 6.17. The van der Waals surface area contributed by atoms with Gasteiger partial charge in [-0.05, 0) is 30.5 Å². The Bertz CT molecular complexity index is 482. The van der Waals surface area contributed by atoms with E-state index in [2.05, 4.69) is 5.32 Å². The molecule has 1 unspecified atom stereocenters. The van der Waals surface area contributed by atoms with E-state index in [0.29, 0.717) is 0 Å². The van der Waals surface area contributed by atoms with Crippen molar-refractivity contribution in [2.75, 3.05) is 11.4 Å². The molecule has 2 rings (SSSR count). The van der Waals surface area contributed by atoms with E-state index in [1.807, 2.05) is 45.0 Å². The van der Waals surface area contributed by atoms with Crippen LogP contribution in [0.4, 0.5) is 5.69 Å². The highest BCUT2D eigenvalue weighted by Gasteiger charge is 2.37. The molecule has 1 fully saturated rings.